The summed E-state index contributed by atoms with van der Waals surface area (Å²) in [6, 6.07) is 6.12. The number of ether oxygens (including phenoxy) is 1. The number of nitrogen functional groups attached to an aromatic ring is 1. The number of hydrogen-bond acceptors (Lipinski definition) is 4. The Morgan fingerprint density at radius 3 is 2.70 bits per heavy atom. The number of esters is 1. The number of nitrogens with two attached hydrogens (primary N) is 1. The van der Waals surface area contributed by atoms with Crippen molar-refractivity contribution >= 4 is 23.3 Å². The lowest BCUT2D eigenvalue weighted by Gasteiger charge is -2.09. The fraction of sp³-hybridized carbons (Fsp3) is 0.143. The van der Waals surface area contributed by atoms with Gasteiger partial charge in [0.25, 0.3) is 0 Å². The number of halogens is 2. The molecule has 1 heterocycles. The summed E-state index contributed by atoms with van der Waals surface area (Å²) in [4.78, 5) is 15.7. The van der Waals surface area contributed by atoms with Gasteiger partial charge in [-0.15, -0.1) is 0 Å². The van der Waals surface area contributed by atoms with E-state index in [9.17, 15) is 9.18 Å². The highest BCUT2D eigenvalue weighted by Gasteiger charge is 2.17. The van der Waals surface area contributed by atoms with Crippen LogP contribution in [0.25, 0.3) is 11.3 Å². The molecule has 2 rings (SSSR count). The average Bonchev–Trinajstić information content (AvgIpc) is 2.44. The molecule has 0 atom stereocenters. The fourth-order valence-electron chi connectivity index (χ4n) is 1.68. The first-order valence-electron chi connectivity index (χ1n) is 5.75. The molecule has 0 radical (unpaired) electrons. The molecular weight excluding hydrogens is 283 g/mol. The minimum atomic E-state index is -0.698. The van der Waals surface area contributed by atoms with Gasteiger partial charge in [0, 0.05) is 5.56 Å². The van der Waals surface area contributed by atoms with E-state index in [1.807, 2.05) is 0 Å². The normalized spacial score (nSPS) is 10.4. The van der Waals surface area contributed by atoms with Crippen LogP contribution in [0.5, 0.6) is 0 Å². The van der Waals surface area contributed by atoms with Gasteiger partial charge in [0.05, 0.1) is 23.5 Å². The summed E-state index contributed by atoms with van der Waals surface area (Å²) < 4.78 is 18.2. The van der Waals surface area contributed by atoms with E-state index < -0.39 is 5.97 Å². The number of pyridine rings is 1. The Kier molecular flexibility index (Phi) is 3.90. The summed E-state index contributed by atoms with van der Waals surface area (Å²) in [5.41, 5.74) is 7.20. The van der Waals surface area contributed by atoms with Gasteiger partial charge in [-0.3, -0.25) is 0 Å². The molecule has 104 valence electrons. The van der Waals surface area contributed by atoms with Gasteiger partial charge in [0.2, 0.25) is 0 Å². The Morgan fingerprint density at radius 1 is 1.40 bits per heavy atom. The summed E-state index contributed by atoms with van der Waals surface area (Å²) in [5, 5.41) is 0.0215. The SMILES string of the molecule is COC(=O)c1nc(-c2ccc(C)c(F)c2)cc(N)c1Cl. The molecule has 1 aromatic carbocycles. The maximum absolute atomic E-state index is 13.6. The molecule has 0 saturated heterocycles. The van der Waals surface area contributed by atoms with Gasteiger partial charge < -0.3 is 10.5 Å². The van der Waals surface area contributed by atoms with Gasteiger partial charge >= 0.3 is 5.97 Å². The Hall–Kier alpha value is -2.14. The van der Waals surface area contributed by atoms with Crippen molar-refractivity contribution in [3.8, 4) is 11.3 Å². The second-order valence-electron chi connectivity index (χ2n) is 4.21. The molecule has 20 heavy (non-hydrogen) atoms. The molecule has 0 unspecified atom stereocenters. The van der Waals surface area contributed by atoms with E-state index in [0.717, 1.165) is 0 Å². The van der Waals surface area contributed by atoms with Crippen molar-refractivity contribution in [1.82, 2.24) is 4.98 Å². The molecule has 2 aromatic rings. The third kappa shape index (κ3) is 2.58. The van der Waals surface area contributed by atoms with Crippen LogP contribution in [0.15, 0.2) is 24.3 Å². The van der Waals surface area contributed by atoms with Crippen LogP contribution in [0.4, 0.5) is 10.1 Å². The lowest BCUT2D eigenvalue weighted by Crippen LogP contribution is -2.08. The topological polar surface area (TPSA) is 65.2 Å². The van der Waals surface area contributed by atoms with Crippen LogP contribution in [0, 0.1) is 12.7 Å². The molecule has 0 fully saturated rings. The van der Waals surface area contributed by atoms with Gasteiger partial charge in [-0.05, 0) is 24.6 Å². The van der Waals surface area contributed by atoms with E-state index in [1.54, 1.807) is 19.1 Å². The van der Waals surface area contributed by atoms with Crippen molar-refractivity contribution in [1.29, 1.82) is 0 Å². The number of aryl methyl sites for hydroxylation is 1. The maximum Gasteiger partial charge on any atom is 0.358 e. The molecule has 2 N–H and O–H groups in total. The minimum absolute atomic E-state index is 0.0215. The highest BCUT2D eigenvalue weighted by Crippen LogP contribution is 2.29. The van der Waals surface area contributed by atoms with Gasteiger partial charge in [0.1, 0.15) is 5.82 Å². The van der Waals surface area contributed by atoms with Gasteiger partial charge in [-0.2, -0.15) is 0 Å². The Labute approximate surface area is 120 Å². The van der Waals surface area contributed by atoms with Gasteiger partial charge in [-0.25, -0.2) is 14.2 Å². The number of nitrogens with zero attached hydrogens (tertiary/aromatic N) is 1. The molecule has 0 aliphatic heterocycles. The van der Waals surface area contributed by atoms with E-state index in [4.69, 9.17) is 17.3 Å². The van der Waals surface area contributed by atoms with Crippen molar-refractivity contribution in [2.24, 2.45) is 0 Å². The van der Waals surface area contributed by atoms with Gasteiger partial charge in [0.15, 0.2) is 5.69 Å². The molecule has 0 spiro atoms. The third-order valence-corrected chi connectivity index (χ3v) is 3.23. The molecule has 0 aliphatic rings. The van der Waals surface area contributed by atoms with Crippen molar-refractivity contribution in [3.63, 3.8) is 0 Å². The monoisotopic (exact) mass is 294 g/mol. The first-order valence-corrected chi connectivity index (χ1v) is 6.12. The lowest BCUT2D eigenvalue weighted by molar-refractivity contribution is 0.0594. The van der Waals surface area contributed by atoms with E-state index >= 15 is 0 Å². The first kappa shape index (κ1) is 14.3. The first-order chi connectivity index (χ1) is 9.43. The standard InChI is InChI=1S/C14H12ClFN2O2/c1-7-3-4-8(5-9(7)16)11-6-10(17)12(15)13(18-11)14(19)20-2/h3-6H,1-2H3,(H2,17,18). The number of anilines is 1. The predicted molar refractivity (Wildman–Crippen MR) is 75.1 cm³/mol. The predicted octanol–water partition coefficient (Wildman–Crippen LogP) is 3.22. The van der Waals surface area contributed by atoms with Crippen LogP contribution in [0.1, 0.15) is 16.1 Å². The minimum Gasteiger partial charge on any atom is -0.464 e. The average molecular weight is 295 g/mol. The highest BCUT2D eigenvalue weighted by atomic mass is 35.5. The number of aromatic nitrogens is 1. The lowest BCUT2D eigenvalue weighted by atomic mass is 10.1. The molecule has 0 aliphatic carbocycles. The molecule has 0 amide bonds. The van der Waals surface area contributed by atoms with Crippen molar-refractivity contribution in [2.45, 2.75) is 6.92 Å². The number of rotatable bonds is 2. The van der Waals surface area contributed by atoms with Crippen LogP contribution in [0.3, 0.4) is 0 Å². The zero-order valence-electron chi connectivity index (χ0n) is 10.9. The van der Waals surface area contributed by atoms with E-state index in [0.29, 0.717) is 16.8 Å². The molecule has 4 nitrogen and oxygen atoms in total. The van der Waals surface area contributed by atoms with Crippen LogP contribution >= 0.6 is 11.6 Å². The summed E-state index contributed by atoms with van der Waals surface area (Å²) in [6.07, 6.45) is 0. The van der Waals surface area contributed by atoms with Crippen LogP contribution < -0.4 is 5.73 Å². The zero-order valence-corrected chi connectivity index (χ0v) is 11.7. The quantitative estimate of drug-likeness (QED) is 0.864. The highest BCUT2D eigenvalue weighted by molar-refractivity contribution is 6.35. The van der Waals surface area contributed by atoms with Crippen molar-refractivity contribution in [2.75, 3.05) is 12.8 Å². The summed E-state index contributed by atoms with van der Waals surface area (Å²) >= 11 is 5.92. The second-order valence-corrected chi connectivity index (χ2v) is 4.59. The number of benzene rings is 1. The van der Waals surface area contributed by atoms with Crippen molar-refractivity contribution < 1.29 is 13.9 Å². The molecule has 6 heteroatoms. The summed E-state index contributed by atoms with van der Waals surface area (Å²) in [7, 11) is 1.22. The van der Waals surface area contributed by atoms with Crippen molar-refractivity contribution in [3.05, 3.63) is 46.4 Å². The summed E-state index contributed by atoms with van der Waals surface area (Å²) in [6.45, 7) is 1.66. The fourth-order valence-corrected chi connectivity index (χ4v) is 1.86. The van der Waals surface area contributed by atoms with E-state index in [1.165, 1.54) is 19.2 Å². The molecular formula is C14H12ClFN2O2. The smallest absolute Gasteiger partial charge is 0.358 e. The van der Waals surface area contributed by atoms with Gasteiger partial charge in [-0.1, -0.05) is 23.7 Å². The number of hydrogen-bond donors (Lipinski definition) is 1. The molecule has 1 aromatic heterocycles. The number of carbonyl (C=O) groups is 1. The number of carbonyl (C=O) groups excluding carboxylic acids is 1. The number of methoxy groups -OCH3 is 1. The van der Waals surface area contributed by atoms with Crippen LogP contribution in [-0.2, 0) is 4.74 Å². The zero-order chi connectivity index (χ0) is 14.9. The Bertz CT molecular complexity index is 689. The molecule has 0 bridgehead atoms. The van der Waals surface area contributed by atoms with Crippen LogP contribution in [0.2, 0.25) is 5.02 Å². The summed E-state index contributed by atoms with van der Waals surface area (Å²) in [5.74, 6) is -1.06. The van der Waals surface area contributed by atoms with Crippen LogP contribution in [-0.4, -0.2) is 18.1 Å². The second kappa shape index (κ2) is 5.46. The molecule has 0 saturated carbocycles. The maximum atomic E-state index is 13.6. The third-order valence-electron chi connectivity index (χ3n) is 2.83. The Balaban J connectivity index is 2.60. The van der Waals surface area contributed by atoms with E-state index in [-0.39, 0.29) is 22.2 Å². The van der Waals surface area contributed by atoms with E-state index in [2.05, 4.69) is 9.72 Å². The largest absolute Gasteiger partial charge is 0.464 e. The Morgan fingerprint density at radius 2 is 2.10 bits per heavy atom.